The number of nitrogens with zero attached hydrogens (tertiary/aromatic N) is 3. The van der Waals surface area contributed by atoms with Crippen molar-refractivity contribution in [2.45, 2.75) is 12.5 Å². The van der Waals surface area contributed by atoms with Gasteiger partial charge in [-0.25, -0.2) is 4.98 Å². The molecule has 8 heteroatoms. The molecule has 2 aromatic heterocycles. The summed E-state index contributed by atoms with van der Waals surface area (Å²) in [5.41, 5.74) is 6.46. The molecule has 134 valence electrons. The third kappa shape index (κ3) is 3.97. The largest absolute Gasteiger partial charge is 0.365 e. The fourth-order valence-electron chi connectivity index (χ4n) is 2.84. The normalized spacial score (nSPS) is 16.2. The van der Waals surface area contributed by atoms with E-state index < -0.39 is 5.91 Å². The molecule has 0 aromatic carbocycles. The van der Waals surface area contributed by atoms with Gasteiger partial charge in [0.05, 0.1) is 17.4 Å². The molecule has 1 aliphatic rings. The fraction of sp³-hybridized carbons (Fsp3) is 0.222. The standard InChI is InChI=1S/C18H20N6O2/c1-2-16(25)21-13-7-9-24(11-13)15-6-5-14(17(19)26)18(23-15)22-12-4-3-8-20-10-12/h2-6,8,10,13H,1,7,9,11H2,(H2,19,26)(H,21,25)(H,22,23)/t13-/m0/s1. The highest BCUT2D eigenvalue weighted by atomic mass is 16.1. The number of amides is 2. The maximum Gasteiger partial charge on any atom is 0.252 e. The molecule has 0 aliphatic carbocycles. The van der Waals surface area contributed by atoms with Crippen molar-refractivity contribution >= 4 is 29.1 Å². The molecule has 3 heterocycles. The van der Waals surface area contributed by atoms with Crippen LogP contribution >= 0.6 is 0 Å². The van der Waals surface area contributed by atoms with Crippen LogP contribution in [0.3, 0.4) is 0 Å². The molecule has 0 radical (unpaired) electrons. The lowest BCUT2D eigenvalue weighted by Gasteiger charge is -2.19. The molecule has 0 saturated carbocycles. The number of nitrogens with two attached hydrogens (primary N) is 1. The van der Waals surface area contributed by atoms with Gasteiger partial charge in [0.2, 0.25) is 5.91 Å². The zero-order valence-corrected chi connectivity index (χ0v) is 14.2. The Bertz CT molecular complexity index is 824. The van der Waals surface area contributed by atoms with E-state index in [2.05, 4.69) is 27.2 Å². The van der Waals surface area contributed by atoms with Gasteiger partial charge in [0, 0.05) is 25.3 Å². The number of carbonyl (C=O) groups excluding carboxylic acids is 2. The van der Waals surface area contributed by atoms with Gasteiger partial charge >= 0.3 is 0 Å². The van der Waals surface area contributed by atoms with Crippen molar-refractivity contribution in [2.24, 2.45) is 5.73 Å². The SMILES string of the molecule is C=CC(=O)N[C@H]1CCN(c2ccc(C(N)=O)c(Nc3cccnc3)n2)C1. The average molecular weight is 352 g/mol. The first-order valence-electron chi connectivity index (χ1n) is 8.22. The van der Waals surface area contributed by atoms with Crippen molar-refractivity contribution in [2.75, 3.05) is 23.3 Å². The Morgan fingerprint density at radius 2 is 2.19 bits per heavy atom. The predicted molar refractivity (Wildman–Crippen MR) is 99.2 cm³/mol. The Hall–Kier alpha value is -3.42. The van der Waals surface area contributed by atoms with Gasteiger partial charge in [-0.2, -0.15) is 0 Å². The van der Waals surface area contributed by atoms with Crippen LogP contribution in [0.15, 0.2) is 49.3 Å². The lowest BCUT2D eigenvalue weighted by atomic mass is 10.2. The number of nitrogens with one attached hydrogen (secondary N) is 2. The lowest BCUT2D eigenvalue weighted by molar-refractivity contribution is -0.117. The van der Waals surface area contributed by atoms with Gasteiger partial charge in [0.1, 0.15) is 11.6 Å². The zero-order chi connectivity index (χ0) is 18.5. The quantitative estimate of drug-likeness (QED) is 0.673. The second kappa shape index (κ2) is 7.64. The highest BCUT2D eigenvalue weighted by molar-refractivity contribution is 5.98. The van der Waals surface area contributed by atoms with Gasteiger partial charge in [0.25, 0.3) is 5.91 Å². The summed E-state index contributed by atoms with van der Waals surface area (Å²) < 4.78 is 0. The maximum atomic E-state index is 11.7. The van der Waals surface area contributed by atoms with Crippen molar-refractivity contribution in [3.8, 4) is 0 Å². The number of rotatable bonds is 6. The van der Waals surface area contributed by atoms with E-state index in [-0.39, 0.29) is 11.9 Å². The average Bonchev–Trinajstić information content (AvgIpc) is 3.10. The minimum absolute atomic E-state index is 0.0350. The minimum atomic E-state index is -0.562. The van der Waals surface area contributed by atoms with Crippen LogP contribution in [0.2, 0.25) is 0 Å². The molecule has 0 spiro atoms. The van der Waals surface area contributed by atoms with Gasteiger partial charge < -0.3 is 21.3 Å². The third-order valence-corrected chi connectivity index (χ3v) is 4.11. The topological polar surface area (TPSA) is 113 Å². The van der Waals surface area contributed by atoms with Crippen LogP contribution in [-0.2, 0) is 4.79 Å². The van der Waals surface area contributed by atoms with Crippen molar-refractivity contribution < 1.29 is 9.59 Å². The molecule has 3 rings (SSSR count). The highest BCUT2D eigenvalue weighted by Gasteiger charge is 2.25. The summed E-state index contributed by atoms with van der Waals surface area (Å²) in [6.07, 6.45) is 5.37. The first-order valence-corrected chi connectivity index (χ1v) is 8.22. The monoisotopic (exact) mass is 352 g/mol. The number of aromatic nitrogens is 2. The molecule has 0 bridgehead atoms. The Labute approximate surface area is 151 Å². The summed E-state index contributed by atoms with van der Waals surface area (Å²) in [6.45, 7) is 4.84. The number of anilines is 3. The molecule has 2 aromatic rings. The van der Waals surface area contributed by atoms with Gasteiger partial charge in [-0.05, 0) is 36.8 Å². The second-order valence-corrected chi connectivity index (χ2v) is 5.94. The number of carbonyl (C=O) groups is 2. The minimum Gasteiger partial charge on any atom is -0.365 e. The van der Waals surface area contributed by atoms with Gasteiger partial charge in [-0.3, -0.25) is 14.6 Å². The van der Waals surface area contributed by atoms with Crippen LogP contribution in [0, 0.1) is 0 Å². The van der Waals surface area contributed by atoms with E-state index in [1.807, 2.05) is 11.0 Å². The highest BCUT2D eigenvalue weighted by Crippen LogP contribution is 2.24. The molecule has 1 saturated heterocycles. The predicted octanol–water partition coefficient (Wildman–Crippen LogP) is 1.20. The summed E-state index contributed by atoms with van der Waals surface area (Å²) >= 11 is 0. The Morgan fingerprint density at radius 3 is 2.88 bits per heavy atom. The van der Waals surface area contributed by atoms with E-state index in [1.165, 1.54) is 6.08 Å². The van der Waals surface area contributed by atoms with Crippen molar-refractivity contribution in [3.05, 3.63) is 54.9 Å². The van der Waals surface area contributed by atoms with Crippen LogP contribution in [0.5, 0.6) is 0 Å². The molecule has 26 heavy (non-hydrogen) atoms. The summed E-state index contributed by atoms with van der Waals surface area (Å²) in [4.78, 5) is 33.8. The first-order chi connectivity index (χ1) is 12.6. The van der Waals surface area contributed by atoms with E-state index in [4.69, 9.17) is 5.73 Å². The molecule has 2 amide bonds. The molecule has 1 aliphatic heterocycles. The fourth-order valence-corrected chi connectivity index (χ4v) is 2.84. The van der Waals surface area contributed by atoms with Crippen molar-refractivity contribution in [3.63, 3.8) is 0 Å². The third-order valence-electron chi connectivity index (χ3n) is 4.11. The van der Waals surface area contributed by atoms with Gasteiger partial charge in [0.15, 0.2) is 0 Å². The van der Waals surface area contributed by atoms with Crippen LogP contribution in [0.4, 0.5) is 17.3 Å². The summed E-state index contributed by atoms with van der Waals surface area (Å²) in [7, 11) is 0. The zero-order valence-electron chi connectivity index (χ0n) is 14.2. The Morgan fingerprint density at radius 1 is 1.35 bits per heavy atom. The number of pyridine rings is 2. The van der Waals surface area contributed by atoms with Crippen molar-refractivity contribution in [1.29, 1.82) is 0 Å². The van der Waals surface area contributed by atoms with E-state index in [9.17, 15) is 9.59 Å². The molecular weight excluding hydrogens is 332 g/mol. The molecular formula is C18H20N6O2. The molecule has 8 nitrogen and oxygen atoms in total. The van der Waals surface area contributed by atoms with E-state index in [0.717, 1.165) is 13.0 Å². The summed E-state index contributed by atoms with van der Waals surface area (Å²) in [6, 6.07) is 7.05. The van der Waals surface area contributed by atoms with Crippen molar-refractivity contribution in [1.82, 2.24) is 15.3 Å². The molecule has 0 unspecified atom stereocenters. The Balaban J connectivity index is 1.81. The van der Waals surface area contributed by atoms with Crippen LogP contribution in [0.25, 0.3) is 0 Å². The smallest absolute Gasteiger partial charge is 0.252 e. The first kappa shape index (κ1) is 17.4. The van der Waals surface area contributed by atoms with Crippen LogP contribution < -0.4 is 21.3 Å². The maximum absolute atomic E-state index is 11.7. The molecule has 4 N–H and O–H groups in total. The lowest BCUT2D eigenvalue weighted by Crippen LogP contribution is -2.36. The number of primary amides is 1. The van der Waals surface area contributed by atoms with Gasteiger partial charge in [-0.1, -0.05) is 6.58 Å². The van der Waals surface area contributed by atoms with Gasteiger partial charge in [-0.15, -0.1) is 0 Å². The van der Waals surface area contributed by atoms with E-state index in [0.29, 0.717) is 29.4 Å². The van der Waals surface area contributed by atoms with Crippen LogP contribution in [-0.4, -0.2) is 40.9 Å². The Kier molecular flexibility index (Phi) is 5.12. The van der Waals surface area contributed by atoms with E-state index in [1.54, 1.807) is 30.6 Å². The van der Waals surface area contributed by atoms with E-state index >= 15 is 0 Å². The molecule has 1 fully saturated rings. The van der Waals surface area contributed by atoms with Crippen LogP contribution in [0.1, 0.15) is 16.8 Å². The summed E-state index contributed by atoms with van der Waals surface area (Å²) in [5.74, 6) is 0.333. The molecule has 1 atom stereocenters. The number of hydrogen-bond acceptors (Lipinski definition) is 6. The summed E-state index contributed by atoms with van der Waals surface area (Å²) in [5, 5.41) is 5.97. The number of hydrogen-bond donors (Lipinski definition) is 3. The second-order valence-electron chi connectivity index (χ2n) is 5.94.